The summed E-state index contributed by atoms with van der Waals surface area (Å²) in [6.07, 6.45) is 0. The van der Waals surface area contributed by atoms with E-state index in [0.717, 1.165) is 0 Å². The number of rotatable bonds is 6. The molecule has 5 nitrogen and oxygen atoms in total. The lowest BCUT2D eigenvalue weighted by Crippen LogP contribution is -2.43. The highest BCUT2D eigenvalue weighted by Gasteiger charge is 2.21. The first kappa shape index (κ1) is 16.7. The van der Waals surface area contributed by atoms with Gasteiger partial charge in [-0.3, -0.25) is 9.69 Å². The third-order valence-corrected chi connectivity index (χ3v) is 3.32. The molecule has 2 unspecified atom stereocenters. The van der Waals surface area contributed by atoms with E-state index in [2.05, 4.69) is 11.4 Å². The smallest absolute Gasteiger partial charge is 0.241 e. The first-order valence-electron chi connectivity index (χ1n) is 6.96. The van der Waals surface area contributed by atoms with Crippen LogP contribution in [0.5, 0.6) is 0 Å². The van der Waals surface area contributed by atoms with Crippen LogP contribution in [-0.2, 0) is 4.79 Å². The number of hydrogen-bond donors (Lipinski definition) is 1. The van der Waals surface area contributed by atoms with Gasteiger partial charge in [0.2, 0.25) is 5.91 Å². The van der Waals surface area contributed by atoms with Gasteiger partial charge in [0.25, 0.3) is 0 Å². The fourth-order valence-corrected chi connectivity index (χ4v) is 2.03. The van der Waals surface area contributed by atoms with Crippen molar-refractivity contribution in [3.8, 4) is 12.1 Å². The molecule has 110 valence electrons. The van der Waals surface area contributed by atoms with Crippen LogP contribution in [0.3, 0.4) is 0 Å². The number of anilines is 1. The van der Waals surface area contributed by atoms with Crippen molar-refractivity contribution >= 4 is 11.6 Å². The maximum absolute atomic E-state index is 12.3. The van der Waals surface area contributed by atoms with Crippen LogP contribution in [0.15, 0.2) is 24.3 Å². The van der Waals surface area contributed by atoms with E-state index < -0.39 is 0 Å². The molecule has 0 bridgehead atoms. The number of nitriles is 2. The molecule has 0 saturated carbocycles. The van der Waals surface area contributed by atoms with Crippen LogP contribution in [0, 0.1) is 28.6 Å². The molecule has 0 aliphatic heterocycles. The summed E-state index contributed by atoms with van der Waals surface area (Å²) in [6.45, 7) is 6.86. The van der Waals surface area contributed by atoms with Crippen molar-refractivity contribution in [2.24, 2.45) is 5.92 Å². The van der Waals surface area contributed by atoms with Crippen LogP contribution >= 0.6 is 0 Å². The zero-order valence-corrected chi connectivity index (χ0v) is 12.6. The van der Waals surface area contributed by atoms with E-state index in [1.165, 1.54) is 0 Å². The van der Waals surface area contributed by atoms with E-state index in [1.54, 1.807) is 24.3 Å². The summed E-state index contributed by atoms with van der Waals surface area (Å²) >= 11 is 0. The lowest BCUT2D eigenvalue weighted by Gasteiger charge is -2.27. The van der Waals surface area contributed by atoms with E-state index >= 15 is 0 Å². The third kappa shape index (κ3) is 4.91. The standard InChI is InChI=1S/C16H20N4O/c1-4-20(11-12(2)9-17)13(3)16(21)19-15-7-5-6-14(8-15)10-18/h5-8,12-13H,4,11H2,1-3H3,(H,19,21). The minimum Gasteiger partial charge on any atom is -0.325 e. The third-order valence-electron chi connectivity index (χ3n) is 3.32. The SMILES string of the molecule is CCN(CC(C)C#N)C(C)C(=O)Nc1cccc(C#N)c1. The number of nitrogens with one attached hydrogen (secondary N) is 1. The Morgan fingerprint density at radius 1 is 1.38 bits per heavy atom. The van der Waals surface area contributed by atoms with Crippen LogP contribution in [-0.4, -0.2) is 29.9 Å². The van der Waals surface area contributed by atoms with Crippen molar-refractivity contribution in [2.45, 2.75) is 26.8 Å². The van der Waals surface area contributed by atoms with Crippen molar-refractivity contribution in [1.82, 2.24) is 4.90 Å². The molecule has 5 heteroatoms. The van der Waals surface area contributed by atoms with Crippen molar-refractivity contribution in [3.63, 3.8) is 0 Å². The van der Waals surface area contributed by atoms with Crippen LogP contribution < -0.4 is 5.32 Å². The average molecular weight is 284 g/mol. The molecule has 0 saturated heterocycles. The zero-order chi connectivity index (χ0) is 15.8. The highest BCUT2D eigenvalue weighted by atomic mass is 16.2. The van der Waals surface area contributed by atoms with Gasteiger partial charge in [0.05, 0.1) is 29.7 Å². The Labute approximate surface area is 125 Å². The van der Waals surface area contributed by atoms with Crippen LogP contribution in [0.2, 0.25) is 0 Å². The first-order valence-corrected chi connectivity index (χ1v) is 6.96. The van der Waals surface area contributed by atoms with Gasteiger partial charge < -0.3 is 5.32 Å². The average Bonchev–Trinajstić information content (AvgIpc) is 2.51. The second kappa shape index (κ2) is 8.04. The topological polar surface area (TPSA) is 79.9 Å². The summed E-state index contributed by atoms with van der Waals surface area (Å²) in [7, 11) is 0. The number of hydrogen-bond acceptors (Lipinski definition) is 4. The summed E-state index contributed by atoms with van der Waals surface area (Å²) in [5, 5.41) is 20.5. The molecule has 1 amide bonds. The number of nitrogens with zero attached hydrogens (tertiary/aromatic N) is 3. The number of carbonyl (C=O) groups excluding carboxylic acids is 1. The molecule has 0 aliphatic rings. The maximum atomic E-state index is 12.3. The van der Waals surface area contributed by atoms with Crippen LogP contribution in [0.4, 0.5) is 5.69 Å². The first-order chi connectivity index (χ1) is 10.0. The van der Waals surface area contributed by atoms with Gasteiger partial charge in [-0.1, -0.05) is 13.0 Å². The van der Waals surface area contributed by atoms with Gasteiger partial charge in [-0.15, -0.1) is 0 Å². The number of carbonyl (C=O) groups is 1. The van der Waals surface area contributed by atoms with E-state index in [-0.39, 0.29) is 17.9 Å². The Hall–Kier alpha value is -2.37. The number of amides is 1. The number of benzene rings is 1. The van der Waals surface area contributed by atoms with Gasteiger partial charge in [0.1, 0.15) is 0 Å². The fraction of sp³-hybridized carbons (Fsp3) is 0.438. The van der Waals surface area contributed by atoms with Crippen molar-refractivity contribution in [2.75, 3.05) is 18.4 Å². The summed E-state index contributed by atoms with van der Waals surface area (Å²) in [4.78, 5) is 14.2. The second-order valence-electron chi connectivity index (χ2n) is 4.98. The fourth-order valence-electron chi connectivity index (χ4n) is 2.03. The maximum Gasteiger partial charge on any atom is 0.241 e. The lowest BCUT2D eigenvalue weighted by molar-refractivity contribution is -0.120. The van der Waals surface area contributed by atoms with E-state index in [9.17, 15) is 4.79 Å². The van der Waals surface area contributed by atoms with Crippen molar-refractivity contribution in [1.29, 1.82) is 10.5 Å². The molecule has 0 radical (unpaired) electrons. The van der Waals surface area contributed by atoms with Gasteiger partial charge in [-0.25, -0.2) is 0 Å². The molecule has 0 spiro atoms. The molecule has 1 N–H and O–H groups in total. The summed E-state index contributed by atoms with van der Waals surface area (Å²) < 4.78 is 0. The summed E-state index contributed by atoms with van der Waals surface area (Å²) in [5.74, 6) is -0.265. The molecular formula is C16H20N4O. The van der Waals surface area contributed by atoms with Gasteiger partial charge in [-0.05, 0) is 38.6 Å². The normalized spacial score (nSPS) is 13.0. The second-order valence-corrected chi connectivity index (χ2v) is 4.98. The highest BCUT2D eigenvalue weighted by Crippen LogP contribution is 2.12. The van der Waals surface area contributed by atoms with Gasteiger partial charge >= 0.3 is 0 Å². The molecule has 0 aromatic heterocycles. The minimum absolute atomic E-state index is 0.123. The molecule has 0 aliphatic carbocycles. The Balaban J connectivity index is 2.73. The quantitative estimate of drug-likeness (QED) is 0.869. The number of likely N-dealkylation sites (N-methyl/N-ethyl adjacent to an activating group) is 1. The highest BCUT2D eigenvalue weighted by molar-refractivity contribution is 5.94. The Kier molecular flexibility index (Phi) is 6.39. The molecule has 1 rings (SSSR count). The van der Waals surface area contributed by atoms with Gasteiger partial charge in [0, 0.05) is 12.2 Å². The van der Waals surface area contributed by atoms with Crippen LogP contribution in [0.25, 0.3) is 0 Å². The molecule has 1 aromatic carbocycles. The molecule has 1 aromatic rings. The Morgan fingerprint density at radius 2 is 2.10 bits per heavy atom. The van der Waals surface area contributed by atoms with E-state index in [1.807, 2.05) is 31.7 Å². The summed E-state index contributed by atoms with van der Waals surface area (Å²) in [6, 6.07) is 10.7. The lowest BCUT2D eigenvalue weighted by atomic mass is 10.1. The monoisotopic (exact) mass is 284 g/mol. The Bertz CT molecular complexity index is 570. The molecular weight excluding hydrogens is 264 g/mol. The minimum atomic E-state index is -0.337. The summed E-state index contributed by atoms with van der Waals surface area (Å²) in [5.41, 5.74) is 1.11. The predicted octanol–water partition coefficient (Wildman–Crippen LogP) is 2.37. The predicted molar refractivity (Wildman–Crippen MR) is 81.3 cm³/mol. The van der Waals surface area contributed by atoms with E-state index in [4.69, 9.17) is 10.5 Å². The van der Waals surface area contributed by atoms with E-state index in [0.29, 0.717) is 24.3 Å². The molecule has 0 heterocycles. The molecule has 21 heavy (non-hydrogen) atoms. The van der Waals surface area contributed by atoms with Crippen LogP contribution in [0.1, 0.15) is 26.3 Å². The Morgan fingerprint density at radius 3 is 2.67 bits per heavy atom. The largest absolute Gasteiger partial charge is 0.325 e. The van der Waals surface area contributed by atoms with Crippen molar-refractivity contribution < 1.29 is 4.79 Å². The van der Waals surface area contributed by atoms with Gasteiger partial charge in [0.15, 0.2) is 0 Å². The van der Waals surface area contributed by atoms with Crippen molar-refractivity contribution in [3.05, 3.63) is 29.8 Å². The van der Waals surface area contributed by atoms with Gasteiger partial charge in [-0.2, -0.15) is 10.5 Å². The zero-order valence-electron chi connectivity index (χ0n) is 12.6. The molecule has 0 fully saturated rings. The molecule has 2 atom stereocenters.